The van der Waals surface area contributed by atoms with Crippen LogP contribution in [0.3, 0.4) is 0 Å². The molecule has 7 heteroatoms. The highest BCUT2D eigenvalue weighted by Crippen LogP contribution is 2.38. The van der Waals surface area contributed by atoms with Crippen molar-refractivity contribution in [1.29, 1.82) is 0 Å². The zero-order valence-electron chi connectivity index (χ0n) is 11.0. The normalized spacial score (nSPS) is 12.7. The van der Waals surface area contributed by atoms with E-state index < -0.39 is 23.4 Å². The fourth-order valence-electron chi connectivity index (χ4n) is 1.53. The van der Waals surface area contributed by atoms with Gasteiger partial charge in [0.2, 0.25) is 5.78 Å². The van der Waals surface area contributed by atoms with Crippen LogP contribution in [0.1, 0.15) is 29.8 Å². The third kappa shape index (κ3) is 3.26. The van der Waals surface area contributed by atoms with Crippen molar-refractivity contribution < 1.29 is 31.5 Å². The summed E-state index contributed by atoms with van der Waals surface area (Å²) in [4.78, 5) is 11.4. The largest absolute Gasteiger partial charge is 0.491 e. The van der Waals surface area contributed by atoms with Crippen LogP contribution in [0, 0.1) is 6.92 Å². The zero-order valence-corrected chi connectivity index (χ0v) is 11.0. The van der Waals surface area contributed by atoms with Crippen LogP contribution in [0.5, 0.6) is 5.75 Å². The van der Waals surface area contributed by atoms with Crippen LogP contribution >= 0.6 is 0 Å². The van der Waals surface area contributed by atoms with Crippen molar-refractivity contribution in [2.75, 3.05) is 0 Å². The minimum atomic E-state index is -5.91. The summed E-state index contributed by atoms with van der Waals surface area (Å²) in [6, 6.07) is 3.35. The molecule has 2 nitrogen and oxygen atoms in total. The Kier molecular flexibility index (Phi) is 4.41. The Morgan fingerprint density at radius 2 is 1.70 bits per heavy atom. The van der Waals surface area contributed by atoms with Gasteiger partial charge in [0.25, 0.3) is 0 Å². The smallest absolute Gasteiger partial charge is 0.461 e. The number of hydrogen-bond donors (Lipinski definition) is 0. The van der Waals surface area contributed by atoms with E-state index in [1.54, 1.807) is 13.8 Å². The molecule has 1 aromatic rings. The second-order valence-electron chi connectivity index (χ2n) is 4.54. The van der Waals surface area contributed by atoms with Crippen LogP contribution in [0.4, 0.5) is 22.0 Å². The van der Waals surface area contributed by atoms with Crippen LogP contribution < -0.4 is 4.74 Å². The summed E-state index contributed by atoms with van der Waals surface area (Å²) in [7, 11) is 0. The average Bonchev–Trinajstić information content (AvgIpc) is 2.25. The van der Waals surface area contributed by atoms with E-state index in [-0.39, 0.29) is 11.7 Å². The summed E-state index contributed by atoms with van der Waals surface area (Å²) in [6.45, 7) is 4.73. The molecule has 1 rings (SSSR count). The van der Waals surface area contributed by atoms with Gasteiger partial charge in [0.05, 0.1) is 6.10 Å². The second-order valence-corrected chi connectivity index (χ2v) is 4.54. The summed E-state index contributed by atoms with van der Waals surface area (Å²) in [5, 5.41) is 0. The van der Waals surface area contributed by atoms with Crippen molar-refractivity contribution in [2.24, 2.45) is 0 Å². The number of halogens is 5. The molecule has 112 valence electrons. The monoisotopic (exact) mass is 296 g/mol. The van der Waals surface area contributed by atoms with Crippen molar-refractivity contribution in [3.05, 3.63) is 29.3 Å². The first-order valence-corrected chi connectivity index (χ1v) is 5.73. The van der Waals surface area contributed by atoms with E-state index >= 15 is 0 Å². The van der Waals surface area contributed by atoms with Crippen molar-refractivity contribution >= 4 is 5.78 Å². The first kappa shape index (κ1) is 16.4. The molecular weight excluding hydrogens is 283 g/mol. The third-order valence-corrected chi connectivity index (χ3v) is 2.46. The van der Waals surface area contributed by atoms with Gasteiger partial charge < -0.3 is 4.74 Å². The number of carbonyl (C=O) groups excluding carboxylic acids is 1. The van der Waals surface area contributed by atoms with E-state index in [1.165, 1.54) is 19.1 Å². The number of carbonyl (C=O) groups is 1. The number of ether oxygens (including phenoxy) is 1. The van der Waals surface area contributed by atoms with Gasteiger partial charge in [-0.1, -0.05) is 0 Å². The molecule has 1 aromatic carbocycles. The number of aryl methyl sites for hydroxylation is 1. The Hall–Kier alpha value is -1.66. The molecule has 0 unspecified atom stereocenters. The molecule has 0 aromatic heterocycles. The fourth-order valence-corrected chi connectivity index (χ4v) is 1.53. The molecule has 0 aliphatic rings. The van der Waals surface area contributed by atoms with Gasteiger partial charge in [0.1, 0.15) is 5.75 Å². The number of Topliss-reactive ketones (excluding diaryl/α,β-unsaturated/α-hetero) is 1. The minimum absolute atomic E-state index is 0.00271. The van der Waals surface area contributed by atoms with Crippen LogP contribution in [-0.4, -0.2) is 24.0 Å². The topological polar surface area (TPSA) is 26.3 Å². The molecule has 0 fully saturated rings. The van der Waals surface area contributed by atoms with Gasteiger partial charge in [-0.15, -0.1) is 0 Å². The van der Waals surface area contributed by atoms with Gasteiger partial charge in [-0.3, -0.25) is 4.79 Å². The predicted molar refractivity (Wildman–Crippen MR) is 62.3 cm³/mol. The van der Waals surface area contributed by atoms with E-state index in [0.717, 1.165) is 6.07 Å². The molecule has 0 atom stereocenters. The molecule has 0 spiro atoms. The molecule has 0 aliphatic carbocycles. The molecule has 0 saturated carbocycles. The highest BCUT2D eigenvalue weighted by molar-refractivity contribution is 6.03. The van der Waals surface area contributed by atoms with Crippen LogP contribution in [-0.2, 0) is 0 Å². The third-order valence-electron chi connectivity index (χ3n) is 2.46. The lowest BCUT2D eigenvalue weighted by Crippen LogP contribution is -2.44. The first-order valence-electron chi connectivity index (χ1n) is 5.73. The van der Waals surface area contributed by atoms with Gasteiger partial charge >= 0.3 is 12.1 Å². The number of ketones is 1. The molecule has 0 N–H and O–H groups in total. The Morgan fingerprint density at radius 3 is 2.10 bits per heavy atom. The Balaban J connectivity index is 3.13. The number of alkyl halides is 5. The molecule has 0 heterocycles. The van der Waals surface area contributed by atoms with E-state index in [9.17, 15) is 26.7 Å². The average molecular weight is 296 g/mol. The molecule has 20 heavy (non-hydrogen) atoms. The minimum Gasteiger partial charge on any atom is -0.491 e. The molecule has 0 radical (unpaired) electrons. The standard InChI is InChI=1S/C13H13F5O2/c1-7(2)20-9-4-5-10(8(3)6-9)11(19)12(14,15)13(16,17)18/h4-7H,1-3H3. The van der Waals surface area contributed by atoms with Crippen molar-refractivity contribution in [3.63, 3.8) is 0 Å². The molecule has 0 bridgehead atoms. The molecule has 0 amide bonds. The Labute approximate surface area is 112 Å². The lowest BCUT2D eigenvalue weighted by molar-refractivity contribution is -0.255. The Bertz CT molecular complexity index is 506. The zero-order chi connectivity index (χ0) is 15.7. The van der Waals surface area contributed by atoms with Gasteiger partial charge in [-0.05, 0) is 44.5 Å². The SMILES string of the molecule is Cc1cc(OC(C)C)ccc1C(=O)C(F)(F)C(F)(F)F. The van der Waals surface area contributed by atoms with E-state index in [1.807, 2.05) is 0 Å². The van der Waals surface area contributed by atoms with Crippen LogP contribution in [0.2, 0.25) is 0 Å². The maximum atomic E-state index is 13.0. The predicted octanol–water partition coefficient (Wildman–Crippen LogP) is 4.16. The van der Waals surface area contributed by atoms with E-state index in [2.05, 4.69) is 0 Å². The fraction of sp³-hybridized carbons (Fsp3) is 0.462. The summed E-state index contributed by atoms with van der Waals surface area (Å²) in [5.41, 5.74) is -0.680. The van der Waals surface area contributed by atoms with E-state index in [0.29, 0.717) is 5.75 Å². The van der Waals surface area contributed by atoms with E-state index in [4.69, 9.17) is 4.74 Å². The summed E-state index contributed by atoms with van der Waals surface area (Å²) in [5.74, 6) is -7.37. The molecule has 0 saturated heterocycles. The van der Waals surface area contributed by atoms with Gasteiger partial charge in [0.15, 0.2) is 0 Å². The van der Waals surface area contributed by atoms with Gasteiger partial charge in [-0.2, -0.15) is 22.0 Å². The van der Waals surface area contributed by atoms with Crippen molar-refractivity contribution in [3.8, 4) is 5.75 Å². The first-order chi connectivity index (χ1) is 8.96. The maximum Gasteiger partial charge on any atom is 0.461 e. The lowest BCUT2D eigenvalue weighted by Gasteiger charge is -2.19. The maximum absolute atomic E-state index is 13.0. The molecular formula is C13H13F5O2. The van der Waals surface area contributed by atoms with Crippen molar-refractivity contribution in [1.82, 2.24) is 0 Å². The highest BCUT2D eigenvalue weighted by Gasteiger charge is 2.63. The van der Waals surface area contributed by atoms with Gasteiger partial charge in [-0.25, -0.2) is 0 Å². The number of hydrogen-bond acceptors (Lipinski definition) is 2. The second kappa shape index (κ2) is 5.38. The van der Waals surface area contributed by atoms with Gasteiger partial charge in [0, 0.05) is 5.56 Å². The lowest BCUT2D eigenvalue weighted by atomic mass is 10.00. The quantitative estimate of drug-likeness (QED) is 0.616. The van der Waals surface area contributed by atoms with Crippen LogP contribution in [0.15, 0.2) is 18.2 Å². The Morgan fingerprint density at radius 1 is 1.15 bits per heavy atom. The molecule has 0 aliphatic heterocycles. The summed E-state index contributed by atoms with van der Waals surface area (Å²) < 4.78 is 67.7. The summed E-state index contributed by atoms with van der Waals surface area (Å²) >= 11 is 0. The summed E-state index contributed by atoms with van der Waals surface area (Å²) in [6.07, 6.45) is -6.10. The van der Waals surface area contributed by atoms with Crippen molar-refractivity contribution in [2.45, 2.75) is 39.0 Å². The number of benzene rings is 1. The highest BCUT2D eigenvalue weighted by atomic mass is 19.4. The van der Waals surface area contributed by atoms with Crippen LogP contribution in [0.25, 0.3) is 0 Å². The number of rotatable bonds is 4.